The fraction of sp³-hybridized carbons (Fsp3) is 0.444. The van der Waals surface area contributed by atoms with Crippen molar-refractivity contribution in [1.82, 2.24) is 14.9 Å². The molecule has 1 saturated heterocycles. The van der Waals surface area contributed by atoms with E-state index < -0.39 is 5.82 Å². The van der Waals surface area contributed by atoms with E-state index in [4.69, 9.17) is 9.47 Å². The smallest absolute Gasteiger partial charge is 0.179 e. The molecule has 2 aromatic heterocycles. The molecule has 3 heterocycles. The lowest BCUT2D eigenvalue weighted by atomic mass is 10.0. The van der Waals surface area contributed by atoms with Crippen LogP contribution in [0.2, 0.25) is 0 Å². The highest BCUT2D eigenvalue weighted by Gasteiger charge is 2.26. The third-order valence-corrected chi connectivity index (χ3v) is 4.38. The molecule has 2 N–H and O–H groups in total. The van der Waals surface area contributed by atoms with Crippen molar-refractivity contribution >= 4 is 17.3 Å². The number of nitrogens with zero attached hydrogens (tertiary/aromatic N) is 3. The predicted octanol–water partition coefficient (Wildman–Crippen LogP) is 2.74. The van der Waals surface area contributed by atoms with E-state index in [0.717, 1.165) is 25.8 Å². The van der Waals surface area contributed by atoms with Crippen LogP contribution in [-0.4, -0.2) is 55.3 Å². The molecule has 0 aromatic carbocycles. The molecule has 7 nitrogen and oxygen atoms in total. The topological polar surface area (TPSA) is 71.5 Å². The van der Waals surface area contributed by atoms with Gasteiger partial charge in [0, 0.05) is 38.2 Å². The van der Waals surface area contributed by atoms with Crippen LogP contribution in [0.15, 0.2) is 24.5 Å². The molecule has 8 heteroatoms. The van der Waals surface area contributed by atoms with Crippen LogP contribution in [0.4, 0.5) is 21.7 Å². The second kappa shape index (κ2) is 8.18. The maximum atomic E-state index is 14.0. The fourth-order valence-corrected chi connectivity index (χ4v) is 2.82. The lowest BCUT2D eigenvalue weighted by Crippen LogP contribution is -2.48. The first-order valence-corrected chi connectivity index (χ1v) is 8.62. The number of pyridine rings is 2. The maximum absolute atomic E-state index is 14.0. The summed E-state index contributed by atoms with van der Waals surface area (Å²) in [7, 11) is 3.29. The van der Waals surface area contributed by atoms with Crippen molar-refractivity contribution in [2.24, 2.45) is 5.92 Å². The Labute approximate surface area is 152 Å². The van der Waals surface area contributed by atoms with Crippen LogP contribution in [0.25, 0.3) is 0 Å². The Morgan fingerprint density at radius 3 is 2.65 bits per heavy atom. The molecule has 26 heavy (non-hydrogen) atoms. The first-order chi connectivity index (χ1) is 12.6. The standard InChI is InChI=1S/C18H24FN5O2/c1-4-24-9-12(10-24)11-26-15-6-18(22-8-16(15)25-3)23-14-5-17(20-2)21-7-13(14)19/h5-8,12H,4,9-11H2,1-3H3,(H2,20,21,22,23). The van der Waals surface area contributed by atoms with Crippen LogP contribution in [0.3, 0.4) is 0 Å². The van der Waals surface area contributed by atoms with E-state index in [9.17, 15) is 4.39 Å². The van der Waals surface area contributed by atoms with Crippen molar-refractivity contribution in [3.05, 3.63) is 30.3 Å². The monoisotopic (exact) mass is 361 g/mol. The molecular formula is C18H24FN5O2. The van der Waals surface area contributed by atoms with Gasteiger partial charge in [0.1, 0.15) is 11.6 Å². The third-order valence-electron chi connectivity index (χ3n) is 4.38. The van der Waals surface area contributed by atoms with Crippen LogP contribution in [0.5, 0.6) is 11.5 Å². The van der Waals surface area contributed by atoms with Gasteiger partial charge in [0.15, 0.2) is 17.3 Å². The zero-order valence-electron chi connectivity index (χ0n) is 15.3. The van der Waals surface area contributed by atoms with Gasteiger partial charge in [0.05, 0.1) is 31.8 Å². The summed E-state index contributed by atoms with van der Waals surface area (Å²) in [6.07, 6.45) is 2.72. The first kappa shape index (κ1) is 18.2. The molecule has 1 fully saturated rings. The molecule has 1 aliphatic rings. The van der Waals surface area contributed by atoms with Crippen molar-refractivity contribution < 1.29 is 13.9 Å². The van der Waals surface area contributed by atoms with Gasteiger partial charge in [-0.2, -0.15) is 0 Å². The number of hydrogen-bond donors (Lipinski definition) is 2. The highest BCUT2D eigenvalue weighted by Crippen LogP contribution is 2.31. The Kier molecular flexibility index (Phi) is 5.72. The number of methoxy groups -OCH3 is 1. The molecule has 0 aliphatic carbocycles. The highest BCUT2D eigenvalue weighted by molar-refractivity contribution is 5.62. The zero-order chi connectivity index (χ0) is 18.5. The van der Waals surface area contributed by atoms with E-state index in [1.54, 1.807) is 32.5 Å². The molecule has 0 unspecified atom stereocenters. The van der Waals surface area contributed by atoms with Gasteiger partial charge < -0.3 is 25.0 Å². The average molecular weight is 361 g/mol. The van der Waals surface area contributed by atoms with Gasteiger partial charge in [0.25, 0.3) is 0 Å². The molecule has 0 radical (unpaired) electrons. The fourth-order valence-electron chi connectivity index (χ4n) is 2.82. The average Bonchev–Trinajstić information content (AvgIpc) is 2.62. The molecule has 0 bridgehead atoms. The summed E-state index contributed by atoms with van der Waals surface area (Å²) in [5.74, 6) is 2.22. The molecule has 0 amide bonds. The highest BCUT2D eigenvalue weighted by atomic mass is 19.1. The van der Waals surface area contributed by atoms with E-state index in [1.165, 1.54) is 0 Å². The molecule has 0 atom stereocenters. The van der Waals surface area contributed by atoms with Crippen molar-refractivity contribution in [2.75, 3.05) is 51.0 Å². The van der Waals surface area contributed by atoms with Gasteiger partial charge in [-0.15, -0.1) is 0 Å². The Morgan fingerprint density at radius 1 is 1.19 bits per heavy atom. The third kappa shape index (κ3) is 4.13. The van der Waals surface area contributed by atoms with E-state index >= 15 is 0 Å². The van der Waals surface area contributed by atoms with Crippen molar-refractivity contribution in [3.63, 3.8) is 0 Å². The number of rotatable bonds is 8. The lowest BCUT2D eigenvalue weighted by Gasteiger charge is -2.38. The van der Waals surface area contributed by atoms with Gasteiger partial charge in [-0.3, -0.25) is 0 Å². The molecule has 140 valence electrons. The maximum Gasteiger partial charge on any atom is 0.179 e. The van der Waals surface area contributed by atoms with Gasteiger partial charge in [-0.05, 0) is 6.54 Å². The second-order valence-corrected chi connectivity index (χ2v) is 6.17. The van der Waals surface area contributed by atoms with E-state index in [0.29, 0.717) is 35.7 Å². The van der Waals surface area contributed by atoms with Crippen molar-refractivity contribution in [3.8, 4) is 11.5 Å². The number of aromatic nitrogens is 2. The summed E-state index contributed by atoms with van der Waals surface area (Å²) in [4.78, 5) is 10.5. The van der Waals surface area contributed by atoms with Crippen LogP contribution >= 0.6 is 0 Å². The van der Waals surface area contributed by atoms with Crippen LogP contribution in [0.1, 0.15) is 6.92 Å². The lowest BCUT2D eigenvalue weighted by molar-refractivity contribution is 0.0662. The Balaban J connectivity index is 1.70. The summed E-state index contributed by atoms with van der Waals surface area (Å²) in [5, 5.41) is 5.84. The summed E-state index contributed by atoms with van der Waals surface area (Å²) >= 11 is 0. The Morgan fingerprint density at radius 2 is 1.96 bits per heavy atom. The molecule has 0 spiro atoms. The van der Waals surface area contributed by atoms with Gasteiger partial charge in [-0.1, -0.05) is 6.92 Å². The number of nitrogens with one attached hydrogen (secondary N) is 2. The summed E-state index contributed by atoms with van der Waals surface area (Å²) in [6.45, 7) is 5.92. The number of anilines is 3. The largest absolute Gasteiger partial charge is 0.491 e. The van der Waals surface area contributed by atoms with Crippen molar-refractivity contribution in [2.45, 2.75) is 6.92 Å². The second-order valence-electron chi connectivity index (χ2n) is 6.17. The normalized spacial score (nSPS) is 14.6. The minimum atomic E-state index is -0.460. The Bertz CT molecular complexity index is 752. The zero-order valence-corrected chi connectivity index (χ0v) is 15.3. The van der Waals surface area contributed by atoms with E-state index in [2.05, 4.69) is 32.4 Å². The summed E-state index contributed by atoms with van der Waals surface area (Å²) in [6, 6.07) is 3.30. The summed E-state index contributed by atoms with van der Waals surface area (Å²) < 4.78 is 25.2. The van der Waals surface area contributed by atoms with Gasteiger partial charge in [-0.25, -0.2) is 14.4 Å². The minimum Gasteiger partial charge on any atom is -0.491 e. The molecule has 1 aliphatic heterocycles. The molecule has 0 saturated carbocycles. The molecule has 3 rings (SSSR count). The van der Waals surface area contributed by atoms with E-state index in [-0.39, 0.29) is 5.69 Å². The van der Waals surface area contributed by atoms with Crippen LogP contribution < -0.4 is 20.1 Å². The summed E-state index contributed by atoms with van der Waals surface area (Å²) in [5.41, 5.74) is 0.283. The van der Waals surface area contributed by atoms with Crippen LogP contribution in [-0.2, 0) is 0 Å². The number of likely N-dealkylation sites (tertiary alicyclic amines) is 1. The number of hydrogen-bond acceptors (Lipinski definition) is 7. The first-order valence-electron chi connectivity index (χ1n) is 8.62. The van der Waals surface area contributed by atoms with Gasteiger partial charge >= 0.3 is 0 Å². The van der Waals surface area contributed by atoms with Gasteiger partial charge in [0.2, 0.25) is 0 Å². The SMILES string of the molecule is CCN1CC(COc2cc(Nc3cc(NC)ncc3F)ncc2OC)C1. The number of ether oxygens (including phenoxy) is 2. The minimum absolute atomic E-state index is 0.283. The van der Waals surface area contributed by atoms with E-state index in [1.807, 2.05) is 0 Å². The predicted molar refractivity (Wildman–Crippen MR) is 98.9 cm³/mol. The Hall–Kier alpha value is -2.61. The molecule has 2 aromatic rings. The van der Waals surface area contributed by atoms with Crippen molar-refractivity contribution in [1.29, 1.82) is 0 Å². The quantitative estimate of drug-likeness (QED) is 0.749. The van der Waals surface area contributed by atoms with Crippen LogP contribution in [0, 0.1) is 11.7 Å². The number of halogens is 1. The molecular weight excluding hydrogens is 337 g/mol.